The van der Waals surface area contributed by atoms with Crippen LogP contribution in [0.15, 0.2) is 111 Å². The van der Waals surface area contributed by atoms with Gasteiger partial charge in [0.25, 0.3) is 0 Å². The molecule has 47 heteroatoms. The van der Waals surface area contributed by atoms with Crippen molar-refractivity contribution in [3.63, 3.8) is 0 Å². The van der Waals surface area contributed by atoms with Gasteiger partial charge >= 0.3 is 6.18 Å². The van der Waals surface area contributed by atoms with Crippen molar-refractivity contribution in [2.45, 2.75) is 194 Å². The van der Waals surface area contributed by atoms with E-state index < -0.39 is 29.5 Å². The quantitative estimate of drug-likeness (QED) is 0.0397. The fraction of sp³-hybridized carbons (Fsp3) is 0.464. The largest absolute Gasteiger partial charge is 0.443 e. The molecule has 0 bridgehead atoms. The molecule has 4 fully saturated rings. The molecule has 0 radical (unpaired) electrons. The first kappa shape index (κ1) is 88.5. The van der Waals surface area contributed by atoms with Crippen molar-refractivity contribution in [2.24, 2.45) is 0 Å². The van der Waals surface area contributed by atoms with Gasteiger partial charge in [0.15, 0.2) is 45.9 Å². The van der Waals surface area contributed by atoms with Crippen molar-refractivity contribution in [1.29, 1.82) is 0 Å². The Morgan fingerprint density at radius 3 is 1.06 bits per heavy atom. The summed E-state index contributed by atoms with van der Waals surface area (Å²) in [5, 5.41) is 58.9. The van der Waals surface area contributed by atoms with Gasteiger partial charge in [-0.15, -0.1) is 20.4 Å². The van der Waals surface area contributed by atoms with Crippen molar-refractivity contribution in [2.75, 3.05) is 102 Å². The number of nitrogens with two attached hydrogens (primary N) is 4. The van der Waals surface area contributed by atoms with Gasteiger partial charge in [0.2, 0.25) is 53.3 Å². The van der Waals surface area contributed by atoms with Crippen molar-refractivity contribution in [3.05, 3.63) is 144 Å². The zero-order chi connectivity index (χ0) is 92.3. The average molecular weight is 1800 g/mol. The number of nitrogens with one attached hydrogen (secondary N) is 1. The van der Waals surface area contributed by atoms with E-state index in [1.54, 1.807) is 82.4 Å². The van der Waals surface area contributed by atoms with E-state index in [-0.39, 0.29) is 53.4 Å². The molecule has 4 saturated heterocycles. The van der Waals surface area contributed by atoms with Crippen LogP contribution in [0.3, 0.4) is 0 Å². The van der Waals surface area contributed by atoms with Crippen LogP contribution in [0, 0.1) is 34.6 Å². The highest BCUT2D eigenvalue weighted by molar-refractivity contribution is 5.83. The zero-order valence-electron chi connectivity index (χ0n) is 74.6. The van der Waals surface area contributed by atoms with Crippen molar-refractivity contribution < 1.29 is 45.8 Å². The second-order valence-electron chi connectivity index (χ2n) is 35.2. The molecule has 20 heterocycles. The third-order valence-electron chi connectivity index (χ3n) is 23.7. The van der Waals surface area contributed by atoms with E-state index in [1.165, 1.54) is 48.2 Å². The number of alkyl halides is 3. The van der Waals surface area contributed by atoms with Gasteiger partial charge in [-0.25, -0.2) is 59.8 Å². The summed E-state index contributed by atoms with van der Waals surface area (Å²) in [6.07, 6.45) is 28.0. The summed E-state index contributed by atoms with van der Waals surface area (Å²) in [5.74, 6) is 5.62. The molecule has 16 aromatic rings. The number of piperidine rings is 4. The molecule has 16 aromatic heterocycles. The molecule has 44 nitrogen and oxygen atoms in total. The Kier molecular flexibility index (Phi) is 24.0. The molecule has 4 aliphatic rings. The Hall–Kier alpha value is -14.5. The maximum absolute atomic E-state index is 12.6. The van der Waals surface area contributed by atoms with Crippen LogP contribution in [0.2, 0.25) is 0 Å². The lowest BCUT2D eigenvalue weighted by Gasteiger charge is -2.32. The average Bonchev–Trinajstić information content (AvgIpc) is 1.63. The van der Waals surface area contributed by atoms with Crippen LogP contribution in [0.1, 0.15) is 168 Å². The van der Waals surface area contributed by atoms with Gasteiger partial charge in [0, 0.05) is 130 Å². The number of hydrogen-bond donors (Lipinski definition) is 7. The molecule has 11 N–H and O–H groups in total. The predicted octanol–water partition coefficient (Wildman–Crippen LogP) is 8.90. The Labute approximate surface area is 746 Å². The number of nitrogens with zero attached hydrogens (tertiary/aromatic N) is 32. The van der Waals surface area contributed by atoms with Crippen LogP contribution in [0.5, 0.6) is 0 Å². The van der Waals surface area contributed by atoms with Crippen molar-refractivity contribution in [1.82, 2.24) is 143 Å². The molecule has 131 heavy (non-hydrogen) atoms. The summed E-state index contributed by atoms with van der Waals surface area (Å²) in [7, 11) is 1.63. The van der Waals surface area contributed by atoms with E-state index in [0.29, 0.717) is 100 Å². The number of aryl methyl sites for hydroxylation is 5. The van der Waals surface area contributed by atoms with E-state index >= 15 is 0 Å². The zero-order valence-corrected chi connectivity index (χ0v) is 74.6. The molecule has 4 atom stereocenters. The van der Waals surface area contributed by atoms with Gasteiger partial charge in [-0.3, -0.25) is 23.5 Å². The van der Waals surface area contributed by atoms with Gasteiger partial charge in [-0.05, 0) is 128 Å². The fourth-order valence-electron chi connectivity index (χ4n) is 17.2. The van der Waals surface area contributed by atoms with E-state index in [1.807, 2.05) is 82.8 Å². The van der Waals surface area contributed by atoms with Gasteiger partial charge in [0.05, 0.1) is 96.1 Å². The number of carbonyl (C=O) groups excluding carboxylic acids is 1. The number of fused-ring (bicyclic) bond motifs is 4. The molecule has 20 rings (SSSR count). The van der Waals surface area contributed by atoms with Crippen LogP contribution in [0.25, 0.3) is 68.9 Å². The number of amides is 1. The third kappa shape index (κ3) is 18.8. The van der Waals surface area contributed by atoms with Crippen LogP contribution < -0.4 is 47.9 Å². The van der Waals surface area contributed by atoms with Gasteiger partial charge < -0.3 is 75.7 Å². The number of anilines is 8. The summed E-state index contributed by atoms with van der Waals surface area (Å²) >= 11 is 0. The smallest absolute Gasteiger partial charge is 0.408 e. The molecule has 0 unspecified atom stereocenters. The highest BCUT2D eigenvalue weighted by atomic mass is 19.4. The summed E-state index contributed by atoms with van der Waals surface area (Å²) < 4.78 is 72.0. The molecule has 0 aliphatic carbocycles. The summed E-state index contributed by atoms with van der Waals surface area (Å²) in [6, 6.07) is 0. The number of hydrogen-bond acceptors (Lipinski definition) is 35. The minimum absolute atomic E-state index is 0.0152. The van der Waals surface area contributed by atoms with Crippen LogP contribution in [-0.4, -0.2) is 230 Å². The van der Waals surface area contributed by atoms with Gasteiger partial charge in [-0.1, -0.05) is 0 Å². The van der Waals surface area contributed by atoms with Crippen LogP contribution >= 0.6 is 0 Å². The number of oxazole rings is 4. The molecule has 0 spiro atoms. The van der Waals surface area contributed by atoms with E-state index in [2.05, 4.69) is 90.5 Å². The van der Waals surface area contributed by atoms with Crippen LogP contribution in [0.4, 0.5) is 59.7 Å². The molecule has 4 aliphatic heterocycles. The number of nitrogen functional groups attached to an aromatic ring is 4. The summed E-state index contributed by atoms with van der Waals surface area (Å²) in [5.41, 5.74) is 34.9. The molecular formula is C84H104F3N37O7. The lowest BCUT2D eigenvalue weighted by Crippen LogP contribution is -2.43. The number of halogens is 3. The summed E-state index contributed by atoms with van der Waals surface area (Å²) in [4.78, 5) is 74.8. The first-order valence-electron chi connectivity index (χ1n) is 43.1. The lowest BCUT2D eigenvalue weighted by molar-refractivity contribution is -0.142. The molecular weight excluding hydrogens is 1700 g/mol. The number of carbonyl (C=O) groups is 1. The Balaban J connectivity index is 0.000000122. The maximum Gasteiger partial charge on any atom is 0.408 e. The normalized spacial score (nSPS) is 17.2. The van der Waals surface area contributed by atoms with Crippen LogP contribution in [-0.2, 0) is 30.0 Å². The fourth-order valence-corrected chi connectivity index (χ4v) is 17.2. The first-order valence-corrected chi connectivity index (χ1v) is 43.1. The maximum atomic E-state index is 12.6. The van der Waals surface area contributed by atoms with E-state index in [0.717, 1.165) is 164 Å². The Morgan fingerprint density at radius 1 is 0.427 bits per heavy atom. The number of rotatable bonds is 19. The summed E-state index contributed by atoms with van der Waals surface area (Å²) in [6.45, 7) is 26.5. The second kappa shape index (κ2) is 35.5. The third-order valence-corrected chi connectivity index (χ3v) is 23.7. The Bertz CT molecular complexity index is 6510. The molecule has 0 aromatic carbocycles. The SMILES string of the molecule is CNC(=O)C(C)(C)n1cc(N2CCC[C@@H](c3nc4c(C)c(-c5ncco5)nc(N)n4n3)C2)cn1.Cc1c(-c2ncco2)nc(N)n2nc([C@@H]3CCCN(c4cnn(CC(C)(C)O)c4)C3)nc12.Cc1c(-c2ncco2)nc(N)n2nc([C@@H]3CCCN(c4cnn(CC(F)(F)F)c4)C3)nc12.Cc1nn(CC(C)(C)O)cc1N1CCC[C@@H](c2nc3c(C)c(-c4ncco4)nc(N)n3n2)C1. The van der Waals surface area contributed by atoms with E-state index in [9.17, 15) is 28.2 Å². The molecule has 0 saturated carbocycles. The number of aliphatic hydroxyl groups is 2. The van der Waals surface area contributed by atoms with Gasteiger partial charge in [0.1, 0.15) is 59.9 Å². The minimum atomic E-state index is -4.32. The lowest BCUT2D eigenvalue weighted by atomic mass is 9.97. The first-order chi connectivity index (χ1) is 62.5. The van der Waals surface area contributed by atoms with E-state index in [4.69, 9.17) is 70.7 Å². The highest BCUT2D eigenvalue weighted by Gasteiger charge is 2.37. The second-order valence-corrected chi connectivity index (χ2v) is 35.2. The predicted molar refractivity (Wildman–Crippen MR) is 474 cm³/mol. The monoisotopic (exact) mass is 1800 g/mol. The van der Waals surface area contributed by atoms with Crippen molar-refractivity contribution >= 4 is 75.0 Å². The standard InChI is InChI=1S/C22H28N10O2.C22H29N9O2.C21H27N9O2.C19H20F3N9O/c1-13-16(19-25-7-9-34-19)27-21(23)32-18(13)28-17(29-32)14-6-5-8-30(11-14)15-10-26-31(12-15)22(2,3)20(33)24-4;1-13-17(20-24-7-9-33-20)25-21(23)31-19(13)26-18(28-31)15-6-5-8-29(10-15)16-11-30(27-14(16)2)12-22(3,4)32;1-13-16(19-23-6-8-32-19)25-20(22)30-18(13)26-17(27-30)14-5-4-7-28(10-14)15-9-24-29(11-15)12-21(2,3)31;1-11-14(17-24-4-6-32-17)26-18(23)31-16(11)27-15(28-31)12-3-2-5-29(8-12)13-7-25-30(9-13)10-19(20,21)22/h7,9-10,12,14H,5-6,8,11H2,1-4H3,(H2,23,27)(H,24,33);7,9,11,15,32H,5-6,8,10,12H2,1-4H3,(H2,23,25);6,8-9,11,14,31H,4-5,7,10,12H2,1-3H3,(H2,22,25);4,6-7,9,12H,2-3,5,8,10H2,1H3,(H2,23,26)/t14-;15-;14-;12-/m1111/s1. The minimum Gasteiger partial charge on any atom is -0.443 e. The highest BCUT2D eigenvalue weighted by Crippen LogP contribution is 2.39. The molecule has 1 amide bonds. The van der Waals surface area contributed by atoms with Crippen molar-refractivity contribution in [3.8, 4) is 46.3 Å². The molecule has 688 valence electrons. The number of likely N-dealkylation sites (N-methyl/N-ethyl adjacent to an activating group) is 1. The number of aromatic nitrogens is 28. The van der Waals surface area contributed by atoms with Gasteiger partial charge in [-0.2, -0.15) is 51.6 Å². The topological polar surface area (TPSA) is 534 Å². The Morgan fingerprint density at radius 2 is 0.740 bits per heavy atom.